The fourth-order valence-corrected chi connectivity index (χ4v) is 2.97. The van der Waals surface area contributed by atoms with E-state index in [1.165, 1.54) is 19.3 Å². The summed E-state index contributed by atoms with van der Waals surface area (Å²) in [4.78, 5) is 16.4. The van der Waals surface area contributed by atoms with Crippen LogP contribution in [0.1, 0.15) is 48.9 Å². The zero-order valence-corrected chi connectivity index (χ0v) is 13.0. The standard InChI is InChI=1S/C16H21N5O/c1-11-5-3-4-6-13(11)18-16(22)14-7-8-15(20-19-14)21-10-9-17-12(21)2/h7-11,13H,3-6H2,1-2H3,(H,18,22). The van der Waals surface area contributed by atoms with Gasteiger partial charge in [0.25, 0.3) is 5.91 Å². The van der Waals surface area contributed by atoms with Crippen molar-refractivity contribution in [3.8, 4) is 5.82 Å². The van der Waals surface area contributed by atoms with Crippen molar-refractivity contribution in [2.45, 2.75) is 45.6 Å². The number of imidazole rings is 1. The predicted molar refractivity (Wildman–Crippen MR) is 82.8 cm³/mol. The van der Waals surface area contributed by atoms with Crippen molar-refractivity contribution in [3.63, 3.8) is 0 Å². The van der Waals surface area contributed by atoms with Crippen LogP contribution >= 0.6 is 0 Å². The lowest BCUT2D eigenvalue weighted by Gasteiger charge is -2.29. The van der Waals surface area contributed by atoms with Gasteiger partial charge in [0.1, 0.15) is 5.82 Å². The van der Waals surface area contributed by atoms with E-state index >= 15 is 0 Å². The minimum Gasteiger partial charge on any atom is -0.348 e. The van der Waals surface area contributed by atoms with Crippen molar-refractivity contribution < 1.29 is 4.79 Å². The first kappa shape index (κ1) is 14.7. The Morgan fingerprint density at radius 3 is 2.73 bits per heavy atom. The maximum Gasteiger partial charge on any atom is 0.272 e. The van der Waals surface area contributed by atoms with Crippen molar-refractivity contribution in [2.75, 3.05) is 0 Å². The highest BCUT2D eigenvalue weighted by Crippen LogP contribution is 2.23. The summed E-state index contributed by atoms with van der Waals surface area (Å²) in [5.74, 6) is 1.89. The topological polar surface area (TPSA) is 72.7 Å². The molecule has 6 heteroatoms. The van der Waals surface area contributed by atoms with E-state index in [0.29, 0.717) is 17.4 Å². The molecule has 1 aliphatic rings. The van der Waals surface area contributed by atoms with Gasteiger partial charge in [0.15, 0.2) is 11.5 Å². The normalized spacial score (nSPS) is 21.5. The molecule has 0 aliphatic heterocycles. The van der Waals surface area contributed by atoms with Crippen LogP contribution in [-0.4, -0.2) is 31.7 Å². The van der Waals surface area contributed by atoms with Gasteiger partial charge in [-0.1, -0.05) is 19.8 Å². The number of amides is 1. The molecule has 6 nitrogen and oxygen atoms in total. The number of aromatic nitrogens is 4. The first-order chi connectivity index (χ1) is 10.6. The van der Waals surface area contributed by atoms with Gasteiger partial charge in [0.05, 0.1) is 0 Å². The maximum absolute atomic E-state index is 12.3. The van der Waals surface area contributed by atoms with E-state index < -0.39 is 0 Å². The molecule has 0 saturated heterocycles. The molecule has 1 saturated carbocycles. The van der Waals surface area contributed by atoms with Gasteiger partial charge in [0, 0.05) is 18.4 Å². The van der Waals surface area contributed by atoms with Crippen molar-refractivity contribution in [1.82, 2.24) is 25.1 Å². The molecular formula is C16H21N5O. The summed E-state index contributed by atoms with van der Waals surface area (Å²) in [7, 11) is 0. The molecule has 1 fully saturated rings. The Labute approximate surface area is 130 Å². The fourth-order valence-electron chi connectivity index (χ4n) is 2.97. The lowest BCUT2D eigenvalue weighted by molar-refractivity contribution is 0.0904. The first-order valence-corrected chi connectivity index (χ1v) is 7.80. The molecule has 0 radical (unpaired) electrons. The third-order valence-corrected chi connectivity index (χ3v) is 4.38. The van der Waals surface area contributed by atoms with Gasteiger partial charge in [-0.15, -0.1) is 10.2 Å². The van der Waals surface area contributed by atoms with Crippen LogP contribution < -0.4 is 5.32 Å². The molecular weight excluding hydrogens is 278 g/mol. The molecule has 0 aromatic carbocycles. The fraction of sp³-hybridized carbons (Fsp3) is 0.500. The van der Waals surface area contributed by atoms with Crippen molar-refractivity contribution >= 4 is 5.91 Å². The molecule has 3 rings (SSSR count). The smallest absolute Gasteiger partial charge is 0.272 e. The minimum atomic E-state index is -0.139. The molecule has 1 aliphatic carbocycles. The van der Waals surface area contributed by atoms with Crippen LogP contribution in [0.25, 0.3) is 5.82 Å². The quantitative estimate of drug-likeness (QED) is 0.943. The molecule has 2 heterocycles. The molecule has 2 atom stereocenters. The van der Waals surface area contributed by atoms with E-state index in [4.69, 9.17) is 0 Å². The Kier molecular flexibility index (Phi) is 4.18. The Morgan fingerprint density at radius 2 is 2.09 bits per heavy atom. The Bertz CT molecular complexity index is 649. The molecule has 0 bridgehead atoms. The number of nitrogens with zero attached hydrogens (tertiary/aromatic N) is 4. The lowest BCUT2D eigenvalue weighted by Crippen LogP contribution is -2.41. The van der Waals surface area contributed by atoms with E-state index in [9.17, 15) is 4.79 Å². The predicted octanol–water partition coefficient (Wildman–Crippen LogP) is 2.28. The lowest BCUT2D eigenvalue weighted by atomic mass is 9.86. The number of hydrogen-bond donors (Lipinski definition) is 1. The van der Waals surface area contributed by atoms with Gasteiger partial charge in [-0.05, 0) is 37.8 Å². The Hall–Kier alpha value is -2.24. The third kappa shape index (κ3) is 3.00. The van der Waals surface area contributed by atoms with Crippen LogP contribution in [0.2, 0.25) is 0 Å². The summed E-state index contributed by atoms with van der Waals surface area (Å²) >= 11 is 0. The number of aryl methyl sites for hydroxylation is 1. The number of nitrogens with one attached hydrogen (secondary N) is 1. The van der Waals surface area contributed by atoms with Crippen LogP contribution in [0.3, 0.4) is 0 Å². The van der Waals surface area contributed by atoms with Gasteiger partial charge < -0.3 is 5.32 Å². The zero-order valence-electron chi connectivity index (χ0n) is 13.0. The van der Waals surface area contributed by atoms with E-state index in [1.54, 1.807) is 18.3 Å². The van der Waals surface area contributed by atoms with Crippen LogP contribution in [0.5, 0.6) is 0 Å². The van der Waals surface area contributed by atoms with E-state index in [0.717, 1.165) is 12.2 Å². The molecule has 2 aromatic rings. The van der Waals surface area contributed by atoms with Crippen LogP contribution in [0.4, 0.5) is 0 Å². The molecule has 1 N–H and O–H groups in total. The Morgan fingerprint density at radius 1 is 1.27 bits per heavy atom. The van der Waals surface area contributed by atoms with Crippen LogP contribution in [0, 0.1) is 12.8 Å². The van der Waals surface area contributed by atoms with Gasteiger partial charge in [-0.3, -0.25) is 9.36 Å². The van der Waals surface area contributed by atoms with Gasteiger partial charge in [-0.2, -0.15) is 0 Å². The minimum absolute atomic E-state index is 0.139. The van der Waals surface area contributed by atoms with E-state index in [2.05, 4.69) is 27.4 Å². The summed E-state index contributed by atoms with van der Waals surface area (Å²) in [5, 5.41) is 11.3. The second-order valence-electron chi connectivity index (χ2n) is 5.96. The monoisotopic (exact) mass is 299 g/mol. The van der Waals surface area contributed by atoms with Crippen molar-refractivity contribution in [1.29, 1.82) is 0 Å². The molecule has 2 unspecified atom stereocenters. The third-order valence-electron chi connectivity index (χ3n) is 4.38. The van der Waals surface area contributed by atoms with Gasteiger partial charge in [0.2, 0.25) is 0 Å². The number of carbonyl (C=O) groups is 1. The maximum atomic E-state index is 12.3. The molecule has 2 aromatic heterocycles. The Balaban J connectivity index is 1.70. The highest BCUT2D eigenvalue weighted by molar-refractivity contribution is 5.92. The van der Waals surface area contributed by atoms with E-state index in [-0.39, 0.29) is 11.9 Å². The number of carbonyl (C=O) groups excluding carboxylic acids is 1. The SMILES string of the molecule is Cc1nccn1-c1ccc(C(=O)NC2CCCCC2C)nn1. The summed E-state index contributed by atoms with van der Waals surface area (Å²) in [6.45, 7) is 4.09. The average molecular weight is 299 g/mol. The van der Waals surface area contributed by atoms with E-state index in [1.807, 2.05) is 17.7 Å². The average Bonchev–Trinajstić information content (AvgIpc) is 2.96. The number of hydrogen-bond acceptors (Lipinski definition) is 4. The van der Waals surface area contributed by atoms with Gasteiger partial charge >= 0.3 is 0 Å². The second-order valence-corrected chi connectivity index (χ2v) is 5.96. The number of rotatable bonds is 3. The molecule has 22 heavy (non-hydrogen) atoms. The van der Waals surface area contributed by atoms with Gasteiger partial charge in [-0.25, -0.2) is 4.98 Å². The van der Waals surface area contributed by atoms with Crippen molar-refractivity contribution in [3.05, 3.63) is 36.0 Å². The van der Waals surface area contributed by atoms with Crippen LogP contribution in [0.15, 0.2) is 24.5 Å². The first-order valence-electron chi connectivity index (χ1n) is 7.80. The zero-order chi connectivity index (χ0) is 15.5. The summed E-state index contributed by atoms with van der Waals surface area (Å²) in [6, 6.07) is 3.75. The molecule has 0 spiro atoms. The molecule has 116 valence electrons. The summed E-state index contributed by atoms with van der Waals surface area (Å²) < 4.78 is 1.83. The molecule has 1 amide bonds. The van der Waals surface area contributed by atoms with Crippen molar-refractivity contribution in [2.24, 2.45) is 5.92 Å². The second kappa shape index (κ2) is 6.25. The largest absolute Gasteiger partial charge is 0.348 e. The summed E-state index contributed by atoms with van der Waals surface area (Å²) in [5.41, 5.74) is 0.360. The summed E-state index contributed by atoms with van der Waals surface area (Å²) in [6.07, 6.45) is 8.19. The van der Waals surface area contributed by atoms with Crippen LogP contribution in [-0.2, 0) is 0 Å². The highest BCUT2D eigenvalue weighted by Gasteiger charge is 2.23. The highest BCUT2D eigenvalue weighted by atomic mass is 16.2.